The van der Waals surface area contributed by atoms with Gasteiger partial charge in [0.25, 0.3) is 0 Å². The minimum atomic E-state index is -0.173. The van der Waals surface area contributed by atoms with Gasteiger partial charge in [0.15, 0.2) is 0 Å². The van der Waals surface area contributed by atoms with Gasteiger partial charge < -0.3 is 5.11 Å². The lowest BCUT2D eigenvalue weighted by atomic mass is 9.32. The molecule has 38 heavy (non-hydrogen) atoms. The average molecular weight is 559 g/mol. The number of aliphatic hydroxyl groups is 1. The van der Waals surface area contributed by atoms with Crippen molar-refractivity contribution in [2.75, 3.05) is 11.5 Å². The maximum Gasteiger partial charge on any atom is 0.0843 e. The Morgan fingerprint density at radius 3 is 2.18 bits per heavy atom. The van der Waals surface area contributed by atoms with E-state index in [9.17, 15) is 5.11 Å². The van der Waals surface area contributed by atoms with Crippen molar-refractivity contribution in [2.24, 2.45) is 56.7 Å². The molecular weight excluding hydrogens is 501 g/mol. The highest BCUT2D eigenvalue weighted by molar-refractivity contribution is 8.17. The lowest BCUT2D eigenvalue weighted by molar-refractivity contribution is -0.222. The lowest BCUT2D eigenvalue weighted by Gasteiger charge is -2.72. The number of hydrogen-bond donors (Lipinski definition) is 1. The van der Waals surface area contributed by atoms with Gasteiger partial charge >= 0.3 is 0 Å². The summed E-state index contributed by atoms with van der Waals surface area (Å²) in [6.45, 7) is 21.0. The molecule has 4 saturated carbocycles. The molecule has 3 heteroatoms. The van der Waals surface area contributed by atoms with Crippen LogP contribution in [0.2, 0.25) is 0 Å². The quantitative estimate of drug-likeness (QED) is 0.348. The number of thioether (sulfide) groups is 2. The second-order valence-corrected chi connectivity index (χ2v) is 19.3. The van der Waals surface area contributed by atoms with Crippen LogP contribution in [0.5, 0.6) is 0 Å². The highest BCUT2D eigenvalue weighted by Gasteiger charge is 2.70. The molecule has 6 rings (SSSR count). The van der Waals surface area contributed by atoms with Crippen LogP contribution < -0.4 is 0 Å². The number of aliphatic hydroxyl groups excluding tert-OH is 1. The molecule has 1 aliphatic heterocycles. The van der Waals surface area contributed by atoms with Crippen molar-refractivity contribution in [2.45, 2.75) is 137 Å². The molecule has 0 radical (unpaired) electrons. The lowest BCUT2D eigenvalue weighted by Crippen LogP contribution is -2.65. The molecule has 216 valence electrons. The molecule has 1 nitrogen and oxygen atoms in total. The molecule has 1 heterocycles. The zero-order valence-electron chi connectivity index (χ0n) is 26.0. The second-order valence-electron chi connectivity index (χ2n) is 16.5. The van der Waals surface area contributed by atoms with Crippen LogP contribution in [0.15, 0.2) is 11.1 Å². The van der Waals surface area contributed by atoms with E-state index >= 15 is 0 Å². The maximum atomic E-state index is 12.2. The zero-order valence-corrected chi connectivity index (χ0v) is 27.6. The Hall–Kier alpha value is 0.400. The monoisotopic (exact) mass is 558 g/mol. The number of fused-ring (bicyclic) bond motifs is 7. The molecule has 0 aromatic heterocycles. The first-order chi connectivity index (χ1) is 17.8. The van der Waals surface area contributed by atoms with Crippen LogP contribution >= 0.6 is 23.5 Å². The van der Waals surface area contributed by atoms with Crippen LogP contribution in [0.1, 0.15) is 126 Å². The molecule has 1 saturated heterocycles. The van der Waals surface area contributed by atoms with E-state index < -0.39 is 0 Å². The Kier molecular flexibility index (Phi) is 7.09. The summed E-state index contributed by atoms with van der Waals surface area (Å²) in [6, 6.07) is 0. The molecule has 0 spiro atoms. The highest BCUT2D eigenvalue weighted by atomic mass is 32.2. The molecule has 1 N–H and O–H groups in total. The Morgan fingerprint density at radius 2 is 1.50 bits per heavy atom. The van der Waals surface area contributed by atoms with Crippen LogP contribution in [0, 0.1) is 56.7 Å². The molecule has 9 atom stereocenters. The summed E-state index contributed by atoms with van der Waals surface area (Å²) in [7, 11) is 0. The molecular formula is C35H58OS2. The molecule has 0 aromatic carbocycles. The van der Waals surface area contributed by atoms with E-state index in [4.69, 9.17) is 0 Å². The van der Waals surface area contributed by atoms with Gasteiger partial charge in [-0.15, -0.1) is 23.5 Å². The Balaban J connectivity index is 1.40. The van der Waals surface area contributed by atoms with E-state index in [1.54, 1.807) is 5.57 Å². The normalized spacial score (nSPS) is 49.7. The molecule has 0 bridgehead atoms. The Bertz CT molecular complexity index is 963. The third kappa shape index (κ3) is 3.68. The largest absolute Gasteiger partial charge is 0.390 e. The summed E-state index contributed by atoms with van der Waals surface area (Å²) < 4.78 is 0.377. The van der Waals surface area contributed by atoms with Gasteiger partial charge in [-0.25, -0.2) is 0 Å². The van der Waals surface area contributed by atoms with Crippen molar-refractivity contribution >= 4 is 23.5 Å². The van der Waals surface area contributed by atoms with Crippen LogP contribution in [0.4, 0.5) is 0 Å². The van der Waals surface area contributed by atoms with E-state index in [1.807, 2.05) is 5.57 Å². The predicted molar refractivity (Wildman–Crippen MR) is 168 cm³/mol. The van der Waals surface area contributed by atoms with E-state index in [0.29, 0.717) is 38.1 Å². The van der Waals surface area contributed by atoms with E-state index in [-0.39, 0.29) is 11.5 Å². The minimum Gasteiger partial charge on any atom is -0.390 e. The van der Waals surface area contributed by atoms with Crippen molar-refractivity contribution in [3.05, 3.63) is 11.1 Å². The van der Waals surface area contributed by atoms with Gasteiger partial charge in [0.2, 0.25) is 0 Å². The molecule has 5 aliphatic carbocycles. The SMILES string of the molecule is CC(C)C1=C2[C@H]3CC[C@@H]4[C@@]5(C)CC[C@H](C)C(C)(C)[C@@H]5CC[C@@]4(C)[C@]3(C)CC[C@@]2(C(O)C2SCCCS2)CC1. The van der Waals surface area contributed by atoms with E-state index in [0.717, 1.165) is 17.8 Å². The van der Waals surface area contributed by atoms with Crippen molar-refractivity contribution in [1.82, 2.24) is 0 Å². The van der Waals surface area contributed by atoms with Crippen molar-refractivity contribution in [3.8, 4) is 0 Å². The number of allylic oxidation sites excluding steroid dienone is 1. The molecule has 0 amide bonds. The summed E-state index contributed by atoms with van der Waals surface area (Å²) >= 11 is 4.13. The van der Waals surface area contributed by atoms with Crippen molar-refractivity contribution in [3.63, 3.8) is 0 Å². The fraction of sp³-hybridized carbons (Fsp3) is 0.943. The summed E-state index contributed by atoms with van der Waals surface area (Å²) in [5.41, 5.74) is 5.37. The van der Waals surface area contributed by atoms with Crippen molar-refractivity contribution in [1.29, 1.82) is 0 Å². The molecule has 5 fully saturated rings. The van der Waals surface area contributed by atoms with E-state index in [2.05, 4.69) is 78.9 Å². The Labute approximate surface area is 243 Å². The van der Waals surface area contributed by atoms with E-state index in [1.165, 1.54) is 82.1 Å². The van der Waals surface area contributed by atoms with Gasteiger partial charge in [-0.3, -0.25) is 0 Å². The van der Waals surface area contributed by atoms with Crippen LogP contribution in [-0.4, -0.2) is 27.3 Å². The Morgan fingerprint density at radius 1 is 0.789 bits per heavy atom. The van der Waals surface area contributed by atoms with Gasteiger partial charge in [-0.05, 0) is 133 Å². The first-order valence-corrected chi connectivity index (χ1v) is 18.6. The molecule has 6 aliphatic rings. The minimum absolute atomic E-state index is 0.0539. The smallest absolute Gasteiger partial charge is 0.0843 e. The van der Waals surface area contributed by atoms with Gasteiger partial charge in [-0.2, -0.15) is 0 Å². The van der Waals surface area contributed by atoms with Crippen LogP contribution in [-0.2, 0) is 0 Å². The van der Waals surface area contributed by atoms with Crippen LogP contribution in [0.25, 0.3) is 0 Å². The summed E-state index contributed by atoms with van der Waals surface area (Å²) in [5.74, 6) is 6.34. The van der Waals surface area contributed by atoms with Crippen LogP contribution in [0.3, 0.4) is 0 Å². The third-order valence-corrected chi connectivity index (χ3v) is 18.0. The zero-order chi connectivity index (χ0) is 27.3. The first-order valence-electron chi connectivity index (χ1n) is 16.5. The summed E-state index contributed by atoms with van der Waals surface area (Å²) in [6.07, 6.45) is 14.7. The molecule has 0 aromatic rings. The predicted octanol–water partition coefficient (Wildman–Crippen LogP) is 9.98. The first kappa shape index (κ1) is 28.5. The second kappa shape index (κ2) is 9.45. The maximum absolute atomic E-state index is 12.2. The number of rotatable bonds is 3. The van der Waals surface area contributed by atoms with Gasteiger partial charge in [0.05, 0.1) is 10.7 Å². The fourth-order valence-corrected chi connectivity index (χ4v) is 15.4. The van der Waals surface area contributed by atoms with Gasteiger partial charge in [0.1, 0.15) is 0 Å². The fourth-order valence-electron chi connectivity index (χ4n) is 12.3. The average Bonchev–Trinajstić information content (AvgIpc) is 3.28. The highest BCUT2D eigenvalue weighted by Crippen LogP contribution is 2.77. The third-order valence-electron chi connectivity index (χ3n) is 15.0. The topological polar surface area (TPSA) is 20.2 Å². The summed E-state index contributed by atoms with van der Waals surface area (Å²) in [5, 5.41) is 12.2. The van der Waals surface area contributed by atoms with Gasteiger partial charge in [0, 0.05) is 5.41 Å². The molecule has 1 unspecified atom stereocenters. The summed E-state index contributed by atoms with van der Waals surface area (Å²) in [4.78, 5) is 0. The van der Waals surface area contributed by atoms with Crippen molar-refractivity contribution < 1.29 is 5.11 Å². The standard InChI is InChI=1S/C35H58OS2/c1-22(2)24-13-17-35(29(36)30-37-20-9-21-38-30)19-18-33(7)25(28(24)35)10-11-27-32(6)15-12-23(3)31(4,5)26(32)14-16-34(27,33)8/h22-23,25-27,29-30,36H,9-21H2,1-8H3/t23-,25+,26-,27+,29?,32-,33+,34+,35-/m0/s1. The van der Waals surface area contributed by atoms with Gasteiger partial charge in [-0.1, -0.05) is 66.5 Å². The number of hydrogen-bond acceptors (Lipinski definition) is 3.